The Balaban J connectivity index is 1.47. The van der Waals surface area contributed by atoms with Gasteiger partial charge in [-0.2, -0.15) is 26.3 Å². The van der Waals surface area contributed by atoms with Gasteiger partial charge in [-0.3, -0.25) is 15.3 Å². The lowest BCUT2D eigenvalue weighted by molar-refractivity contribution is -0.161. The number of amides is 2. The molecule has 0 radical (unpaired) electrons. The van der Waals surface area contributed by atoms with Crippen LogP contribution >= 0.6 is 0 Å². The largest absolute Gasteiger partial charge is 0.419 e. The van der Waals surface area contributed by atoms with Crippen molar-refractivity contribution in [2.45, 2.75) is 26.2 Å². The molecule has 5 rings (SSSR count). The Labute approximate surface area is 242 Å². The Bertz CT molecular complexity index is 1500. The van der Waals surface area contributed by atoms with Crippen LogP contribution in [-0.2, 0) is 17.1 Å². The zero-order valence-electron chi connectivity index (χ0n) is 23.1. The SMILES string of the molecule is CC1=NCC2=C(c3c(C)cccc3NC(=O)Nc3cccc(C(F)(F)F)c3C(F)(F)F)N(NCN3CCOCC3)NC2=N1. The van der Waals surface area contributed by atoms with E-state index in [9.17, 15) is 31.1 Å². The third kappa shape index (κ3) is 6.60. The lowest BCUT2D eigenvalue weighted by atomic mass is 9.99. The maximum atomic E-state index is 13.7. The summed E-state index contributed by atoms with van der Waals surface area (Å²) in [7, 11) is 0. The molecule has 0 saturated carbocycles. The highest BCUT2D eigenvalue weighted by Gasteiger charge is 2.45. The maximum absolute atomic E-state index is 13.7. The van der Waals surface area contributed by atoms with E-state index in [1.165, 1.54) is 0 Å². The van der Waals surface area contributed by atoms with Crippen molar-refractivity contribution >= 4 is 34.8 Å². The van der Waals surface area contributed by atoms with Gasteiger partial charge in [-0.05, 0) is 37.6 Å². The van der Waals surface area contributed by atoms with Crippen molar-refractivity contribution in [1.82, 2.24) is 20.9 Å². The second kappa shape index (κ2) is 11.9. The number of rotatable bonds is 6. The van der Waals surface area contributed by atoms with Crippen LogP contribution in [0.2, 0.25) is 0 Å². The molecule has 43 heavy (non-hydrogen) atoms. The van der Waals surface area contributed by atoms with E-state index >= 15 is 0 Å². The van der Waals surface area contributed by atoms with Crippen LogP contribution in [-0.4, -0.2) is 67.2 Å². The first kappa shape index (κ1) is 30.3. The smallest absolute Gasteiger partial charge is 0.379 e. The summed E-state index contributed by atoms with van der Waals surface area (Å²) >= 11 is 0. The molecule has 2 aromatic carbocycles. The van der Waals surface area contributed by atoms with E-state index < -0.39 is 35.2 Å². The molecular formula is C27H28F6N8O2. The molecule has 0 aromatic heterocycles. The van der Waals surface area contributed by atoms with E-state index in [4.69, 9.17) is 4.74 Å². The number of aliphatic imine (C=N–C) groups is 2. The predicted octanol–water partition coefficient (Wildman–Crippen LogP) is 4.83. The average Bonchev–Trinajstić information content (AvgIpc) is 3.28. The van der Waals surface area contributed by atoms with Crippen molar-refractivity contribution in [3.8, 4) is 0 Å². The number of nitrogens with zero attached hydrogens (tertiary/aromatic N) is 4. The summed E-state index contributed by atoms with van der Waals surface area (Å²) < 4.78 is 86.9. The van der Waals surface area contributed by atoms with Crippen LogP contribution in [0.4, 0.5) is 42.5 Å². The van der Waals surface area contributed by atoms with E-state index in [0.717, 1.165) is 12.1 Å². The summed E-state index contributed by atoms with van der Waals surface area (Å²) in [5.74, 6) is 1.10. The molecule has 10 nitrogen and oxygen atoms in total. The zero-order chi connectivity index (χ0) is 30.9. The van der Waals surface area contributed by atoms with Gasteiger partial charge in [0.1, 0.15) is 5.84 Å². The molecule has 3 aliphatic heterocycles. The summed E-state index contributed by atoms with van der Waals surface area (Å²) in [6.07, 6.45) is -10.7. The third-order valence-corrected chi connectivity index (χ3v) is 6.97. The van der Waals surface area contributed by atoms with Crippen LogP contribution in [0, 0.1) is 6.92 Å². The fraction of sp³-hybridized carbons (Fsp3) is 0.370. The summed E-state index contributed by atoms with van der Waals surface area (Å²) in [5.41, 5.74) is 4.28. The molecule has 230 valence electrons. The van der Waals surface area contributed by atoms with Gasteiger partial charge in [-0.1, -0.05) is 18.2 Å². The number of fused-ring (bicyclic) bond motifs is 1. The van der Waals surface area contributed by atoms with E-state index in [0.29, 0.717) is 73.1 Å². The molecule has 2 amide bonds. The van der Waals surface area contributed by atoms with Gasteiger partial charge < -0.3 is 15.4 Å². The normalized spacial score (nSPS) is 17.7. The van der Waals surface area contributed by atoms with Crippen molar-refractivity contribution < 1.29 is 35.9 Å². The number of alkyl halides is 6. The summed E-state index contributed by atoms with van der Waals surface area (Å²) in [6, 6.07) is 5.68. The number of carbonyl (C=O) groups excluding carboxylic acids is 1. The molecule has 0 spiro atoms. The molecule has 0 unspecified atom stereocenters. The molecule has 4 N–H and O–H groups in total. The highest BCUT2D eigenvalue weighted by Crippen LogP contribution is 2.44. The van der Waals surface area contributed by atoms with E-state index in [1.807, 2.05) is 5.32 Å². The van der Waals surface area contributed by atoms with Gasteiger partial charge in [0, 0.05) is 24.2 Å². The van der Waals surface area contributed by atoms with Crippen LogP contribution in [0.15, 0.2) is 52.0 Å². The van der Waals surface area contributed by atoms with E-state index in [-0.39, 0.29) is 12.2 Å². The van der Waals surface area contributed by atoms with Gasteiger partial charge >= 0.3 is 18.4 Å². The van der Waals surface area contributed by atoms with Crippen molar-refractivity contribution in [2.75, 3.05) is 50.2 Å². The van der Waals surface area contributed by atoms with E-state index in [1.54, 1.807) is 37.2 Å². The number of hydrogen-bond acceptors (Lipinski definition) is 8. The van der Waals surface area contributed by atoms with Crippen molar-refractivity contribution in [1.29, 1.82) is 0 Å². The van der Waals surface area contributed by atoms with Gasteiger partial charge in [0.2, 0.25) is 0 Å². The van der Waals surface area contributed by atoms with Crippen molar-refractivity contribution in [2.24, 2.45) is 9.98 Å². The molecule has 1 saturated heterocycles. The standard InChI is InChI=1S/C27H28F6N8O2/c1-15-5-3-7-19(37-25(42)38-20-8-4-6-18(26(28,29)30)22(20)27(31,32)33)21(15)23-17-13-34-16(2)36-24(17)39-41(23)35-14-40-9-11-43-12-10-40/h3-8,35H,9-14H2,1-2H3,(H,34,36,39)(H2,37,38,42). The predicted molar refractivity (Wildman–Crippen MR) is 148 cm³/mol. The molecule has 3 heterocycles. The molecule has 0 atom stereocenters. The fourth-order valence-electron chi connectivity index (χ4n) is 4.98. The Hall–Kier alpha value is -4.15. The van der Waals surface area contributed by atoms with Gasteiger partial charge in [-0.15, -0.1) is 0 Å². The number of morpholine rings is 1. The summed E-state index contributed by atoms with van der Waals surface area (Å²) in [4.78, 5) is 24.1. The number of urea groups is 1. The number of halogens is 6. The maximum Gasteiger partial charge on any atom is 0.419 e. The number of hydrazine groups is 2. The highest BCUT2D eigenvalue weighted by molar-refractivity contribution is 6.15. The number of nitrogens with one attached hydrogen (secondary N) is 4. The van der Waals surface area contributed by atoms with Crippen LogP contribution < -0.4 is 21.5 Å². The van der Waals surface area contributed by atoms with Crippen molar-refractivity contribution in [3.63, 3.8) is 0 Å². The minimum absolute atomic E-state index is 0.202. The molecule has 0 aliphatic carbocycles. The fourth-order valence-corrected chi connectivity index (χ4v) is 4.98. The van der Waals surface area contributed by atoms with Gasteiger partial charge in [0.05, 0.1) is 54.6 Å². The van der Waals surface area contributed by atoms with Crippen LogP contribution in [0.5, 0.6) is 0 Å². The Kier molecular flexibility index (Phi) is 8.36. The minimum atomic E-state index is -5.38. The summed E-state index contributed by atoms with van der Waals surface area (Å²) in [5, 5.41) is 6.14. The number of ether oxygens (including phenoxy) is 1. The zero-order valence-corrected chi connectivity index (χ0v) is 23.1. The Morgan fingerprint density at radius 3 is 2.35 bits per heavy atom. The monoisotopic (exact) mass is 610 g/mol. The van der Waals surface area contributed by atoms with Crippen LogP contribution in [0.1, 0.15) is 29.2 Å². The first-order chi connectivity index (χ1) is 20.3. The lowest BCUT2D eigenvalue weighted by Gasteiger charge is -2.31. The molecule has 3 aliphatic rings. The number of benzene rings is 2. The number of anilines is 2. The van der Waals surface area contributed by atoms with Crippen LogP contribution in [0.25, 0.3) is 5.70 Å². The first-order valence-corrected chi connectivity index (χ1v) is 13.2. The second-order valence-corrected chi connectivity index (χ2v) is 9.95. The number of carbonyl (C=O) groups is 1. The lowest BCUT2D eigenvalue weighted by Crippen LogP contribution is -2.51. The highest BCUT2D eigenvalue weighted by atomic mass is 19.4. The van der Waals surface area contributed by atoms with Gasteiger partial charge in [-0.25, -0.2) is 20.3 Å². The minimum Gasteiger partial charge on any atom is -0.379 e. The summed E-state index contributed by atoms with van der Waals surface area (Å²) in [6.45, 7) is 6.84. The molecule has 1 fully saturated rings. The molecule has 16 heteroatoms. The van der Waals surface area contributed by atoms with E-state index in [2.05, 4.69) is 31.1 Å². The Morgan fingerprint density at radius 2 is 1.65 bits per heavy atom. The topological polar surface area (TPSA) is 106 Å². The number of aryl methyl sites for hydroxylation is 1. The van der Waals surface area contributed by atoms with Gasteiger partial charge in [0.15, 0.2) is 5.84 Å². The Morgan fingerprint density at radius 1 is 0.977 bits per heavy atom. The molecule has 0 bridgehead atoms. The first-order valence-electron chi connectivity index (χ1n) is 13.2. The molecular weight excluding hydrogens is 582 g/mol. The molecule has 2 aromatic rings. The number of amidine groups is 2. The second-order valence-electron chi connectivity index (χ2n) is 9.95. The number of hydrogen-bond donors (Lipinski definition) is 4. The van der Waals surface area contributed by atoms with Gasteiger partial charge in [0.25, 0.3) is 0 Å². The quantitative estimate of drug-likeness (QED) is 0.350. The van der Waals surface area contributed by atoms with Crippen molar-refractivity contribution in [3.05, 3.63) is 64.2 Å². The average molecular weight is 611 g/mol. The van der Waals surface area contributed by atoms with Crippen LogP contribution in [0.3, 0.4) is 0 Å². The third-order valence-electron chi connectivity index (χ3n) is 6.97.